The molecule has 4 N–H and O–H groups in total. The zero-order valence-electron chi connectivity index (χ0n) is 4.88. The summed E-state index contributed by atoms with van der Waals surface area (Å²) >= 11 is 0. The van der Waals surface area contributed by atoms with Crippen LogP contribution in [0, 0.1) is 0 Å². The van der Waals surface area contributed by atoms with E-state index in [1.165, 1.54) is 0 Å². The molecule has 0 unspecified atom stereocenters. The fourth-order valence-corrected chi connectivity index (χ4v) is 0.215. The van der Waals surface area contributed by atoms with Crippen molar-refractivity contribution in [2.75, 3.05) is 0 Å². The minimum absolute atomic E-state index is 0. The number of nitrogens with zero attached hydrogens (tertiary/aromatic N) is 1. The standard InChI is InChI=1S/C3H4N2.Na.H3O4P.H/c1-2-5-3-4-1;;1-5(2,3)4;/h1-3H,(H,4,5);;(H3,1,2,3,4);. The number of nitrogens with one attached hydrogen (secondary N) is 1. The maximum atomic E-state index is 8.88. The van der Waals surface area contributed by atoms with Crippen molar-refractivity contribution in [3.05, 3.63) is 18.7 Å². The van der Waals surface area contributed by atoms with Gasteiger partial charge in [-0.05, 0) is 0 Å². The molecule has 1 aromatic heterocycles. The zero-order valence-corrected chi connectivity index (χ0v) is 5.77. The van der Waals surface area contributed by atoms with Crippen molar-refractivity contribution >= 4 is 37.4 Å². The van der Waals surface area contributed by atoms with E-state index in [9.17, 15) is 0 Å². The van der Waals surface area contributed by atoms with Crippen LogP contribution in [0.25, 0.3) is 0 Å². The Morgan fingerprint density at radius 1 is 1.36 bits per heavy atom. The van der Waals surface area contributed by atoms with Gasteiger partial charge in [0.25, 0.3) is 0 Å². The Morgan fingerprint density at radius 2 is 1.82 bits per heavy atom. The summed E-state index contributed by atoms with van der Waals surface area (Å²) in [6.45, 7) is 0. The minimum Gasteiger partial charge on any atom is -0.351 e. The summed E-state index contributed by atoms with van der Waals surface area (Å²) < 4.78 is 8.88. The third-order valence-electron chi connectivity index (χ3n) is 0.406. The van der Waals surface area contributed by atoms with Gasteiger partial charge >= 0.3 is 37.4 Å². The molecule has 11 heavy (non-hydrogen) atoms. The average molecular weight is 190 g/mol. The number of aromatic amines is 1. The van der Waals surface area contributed by atoms with Gasteiger partial charge in [0.2, 0.25) is 0 Å². The fraction of sp³-hybridized carbons (Fsp3) is 0. The first kappa shape index (κ1) is 13.9. The summed E-state index contributed by atoms with van der Waals surface area (Å²) in [6, 6.07) is 0. The summed E-state index contributed by atoms with van der Waals surface area (Å²) in [4.78, 5) is 28.0. The van der Waals surface area contributed by atoms with Gasteiger partial charge in [-0.2, -0.15) is 0 Å². The molecule has 0 saturated heterocycles. The Labute approximate surface area is 85.2 Å². The second-order valence-electron chi connectivity index (χ2n) is 1.27. The molecule has 0 spiro atoms. The molecule has 0 saturated carbocycles. The Hall–Kier alpha value is 0.320. The Bertz CT molecular complexity index is 172. The molecule has 6 nitrogen and oxygen atoms in total. The van der Waals surface area contributed by atoms with Gasteiger partial charge in [0.15, 0.2) is 0 Å². The van der Waals surface area contributed by atoms with Crippen LogP contribution in [0.1, 0.15) is 0 Å². The summed E-state index contributed by atoms with van der Waals surface area (Å²) in [5, 5.41) is 0. The molecule has 1 heterocycles. The fourth-order valence-electron chi connectivity index (χ4n) is 0.215. The third-order valence-corrected chi connectivity index (χ3v) is 0.406. The van der Waals surface area contributed by atoms with Crippen LogP contribution in [0.4, 0.5) is 0 Å². The van der Waals surface area contributed by atoms with Crippen molar-refractivity contribution in [3.63, 3.8) is 0 Å². The maximum Gasteiger partial charge on any atom is 0.0919 e. The molecule has 0 aliphatic heterocycles. The Kier molecular flexibility index (Phi) is 8.83. The molecule has 0 aliphatic rings. The van der Waals surface area contributed by atoms with Crippen LogP contribution >= 0.6 is 7.82 Å². The van der Waals surface area contributed by atoms with E-state index in [2.05, 4.69) is 9.97 Å². The molecule has 1 rings (SSSR count). The van der Waals surface area contributed by atoms with E-state index in [-0.39, 0.29) is 29.6 Å². The molecular weight excluding hydrogens is 182 g/mol. The van der Waals surface area contributed by atoms with E-state index in [0.717, 1.165) is 0 Å². The summed E-state index contributed by atoms with van der Waals surface area (Å²) in [5.41, 5.74) is 0. The summed E-state index contributed by atoms with van der Waals surface area (Å²) in [5.74, 6) is 0. The van der Waals surface area contributed by atoms with Crippen LogP contribution in [-0.2, 0) is 4.57 Å². The van der Waals surface area contributed by atoms with E-state index in [1.54, 1.807) is 18.7 Å². The van der Waals surface area contributed by atoms with Crippen LogP contribution in [0.3, 0.4) is 0 Å². The van der Waals surface area contributed by atoms with Crippen molar-refractivity contribution in [3.8, 4) is 0 Å². The van der Waals surface area contributed by atoms with E-state index in [1.807, 2.05) is 0 Å². The number of rotatable bonds is 0. The first-order chi connectivity index (χ1) is 4.50. The Balaban J connectivity index is 0. The van der Waals surface area contributed by atoms with Gasteiger partial charge < -0.3 is 19.7 Å². The second kappa shape index (κ2) is 7.00. The van der Waals surface area contributed by atoms with Gasteiger partial charge in [-0.3, -0.25) is 0 Å². The van der Waals surface area contributed by atoms with E-state index in [4.69, 9.17) is 19.2 Å². The van der Waals surface area contributed by atoms with Gasteiger partial charge in [-0.15, -0.1) is 0 Å². The molecule has 0 aliphatic carbocycles. The normalized spacial score (nSPS) is 9.00. The molecule has 0 aromatic carbocycles. The van der Waals surface area contributed by atoms with Gasteiger partial charge in [-0.25, -0.2) is 9.55 Å². The largest absolute Gasteiger partial charge is 0.351 e. The smallest absolute Gasteiger partial charge is 0.0919 e. The first-order valence-corrected chi connectivity index (χ1v) is 3.77. The molecule has 0 bridgehead atoms. The first-order valence-electron chi connectivity index (χ1n) is 2.21. The van der Waals surface area contributed by atoms with Gasteiger partial charge in [0.1, 0.15) is 0 Å². The van der Waals surface area contributed by atoms with E-state index >= 15 is 0 Å². The number of hydrogen-bond acceptors (Lipinski definition) is 2. The number of aromatic nitrogens is 2. The minimum atomic E-state index is -4.64. The van der Waals surface area contributed by atoms with Crippen molar-refractivity contribution in [1.82, 2.24) is 9.97 Å². The second-order valence-corrected chi connectivity index (χ2v) is 2.30. The summed E-state index contributed by atoms with van der Waals surface area (Å²) in [7, 11) is -4.64. The number of H-pyrrole nitrogens is 1. The molecular formula is C3H8N2NaO4P. The summed E-state index contributed by atoms with van der Waals surface area (Å²) in [6.07, 6.45) is 5.08. The zero-order chi connectivity index (χ0) is 8.04. The topological polar surface area (TPSA) is 106 Å². The number of phosphoric acid groups is 1. The van der Waals surface area contributed by atoms with Crippen LogP contribution in [0.5, 0.6) is 0 Å². The number of hydrogen-bond donors (Lipinski definition) is 4. The van der Waals surface area contributed by atoms with Gasteiger partial charge in [-0.1, -0.05) is 0 Å². The molecule has 8 heteroatoms. The van der Waals surface area contributed by atoms with Crippen LogP contribution in [0.15, 0.2) is 18.7 Å². The average Bonchev–Trinajstić information content (AvgIpc) is 2.07. The predicted molar refractivity (Wildman–Crippen MR) is 40.0 cm³/mol. The van der Waals surface area contributed by atoms with Crippen molar-refractivity contribution in [1.29, 1.82) is 0 Å². The van der Waals surface area contributed by atoms with Crippen LogP contribution in [-0.4, -0.2) is 54.2 Å². The molecule has 0 atom stereocenters. The van der Waals surface area contributed by atoms with Crippen molar-refractivity contribution in [2.24, 2.45) is 0 Å². The van der Waals surface area contributed by atoms with Gasteiger partial charge in [0, 0.05) is 12.4 Å². The molecule has 1 aromatic rings. The predicted octanol–water partition coefficient (Wildman–Crippen LogP) is -1.17. The number of imidazole rings is 1. The quantitative estimate of drug-likeness (QED) is 0.304. The molecule has 0 amide bonds. The monoisotopic (exact) mass is 190 g/mol. The molecule has 0 radical (unpaired) electrons. The SMILES string of the molecule is O=P(O)(O)O.[NaH].c1c[nH]cn1. The van der Waals surface area contributed by atoms with Crippen molar-refractivity contribution in [2.45, 2.75) is 0 Å². The molecule has 60 valence electrons. The molecule has 0 fully saturated rings. The van der Waals surface area contributed by atoms with Gasteiger partial charge in [0.05, 0.1) is 6.33 Å². The van der Waals surface area contributed by atoms with E-state index in [0.29, 0.717) is 0 Å². The Morgan fingerprint density at radius 3 is 1.91 bits per heavy atom. The third kappa shape index (κ3) is 25.2. The van der Waals surface area contributed by atoms with Crippen LogP contribution < -0.4 is 0 Å². The maximum absolute atomic E-state index is 8.88. The van der Waals surface area contributed by atoms with Crippen molar-refractivity contribution < 1.29 is 19.2 Å². The van der Waals surface area contributed by atoms with E-state index < -0.39 is 7.82 Å². The van der Waals surface area contributed by atoms with Crippen LogP contribution in [0.2, 0.25) is 0 Å².